The molecule has 0 fully saturated rings. The van der Waals surface area contributed by atoms with Crippen LogP contribution in [0.3, 0.4) is 0 Å². The molecule has 136 valence electrons. The average Bonchev–Trinajstić information content (AvgIpc) is 2.87. The number of fused-ring (bicyclic) bond motifs is 1. The summed E-state index contributed by atoms with van der Waals surface area (Å²) in [6.45, 7) is 4.57. The van der Waals surface area contributed by atoms with Gasteiger partial charge in [0.25, 0.3) is 0 Å². The number of nitrogens with zero attached hydrogens (tertiary/aromatic N) is 2. The van der Waals surface area contributed by atoms with Crippen LogP contribution in [-0.4, -0.2) is 27.9 Å². The maximum atomic E-state index is 14.3. The Morgan fingerprint density at radius 2 is 2.16 bits per heavy atom. The fraction of sp³-hybridized carbons (Fsp3) is 0.526. The van der Waals surface area contributed by atoms with Crippen molar-refractivity contribution in [3.63, 3.8) is 0 Å². The first-order valence-corrected chi connectivity index (χ1v) is 8.67. The molecule has 0 saturated carbocycles. The van der Waals surface area contributed by atoms with Crippen LogP contribution in [0, 0.1) is 11.6 Å². The monoisotopic (exact) mass is 350 g/mol. The molecule has 0 amide bonds. The molecule has 1 aliphatic rings. The summed E-state index contributed by atoms with van der Waals surface area (Å²) in [4.78, 5) is 4.51. The minimum Gasteiger partial charge on any atom is -0.394 e. The minimum absolute atomic E-state index is 0.0540. The van der Waals surface area contributed by atoms with Crippen LogP contribution < -0.4 is 0 Å². The first-order chi connectivity index (χ1) is 11.9. The first kappa shape index (κ1) is 18.0. The van der Waals surface area contributed by atoms with Gasteiger partial charge in [-0.15, -0.1) is 0 Å². The fourth-order valence-corrected chi connectivity index (χ4v) is 3.58. The number of ether oxygens (including phenoxy) is 1. The van der Waals surface area contributed by atoms with E-state index in [1.807, 2.05) is 13.8 Å². The van der Waals surface area contributed by atoms with E-state index >= 15 is 0 Å². The molecule has 3 rings (SSSR count). The van der Waals surface area contributed by atoms with Crippen LogP contribution in [0.4, 0.5) is 8.78 Å². The number of aryl methyl sites for hydroxylation is 1. The lowest BCUT2D eigenvalue weighted by Gasteiger charge is -2.28. The zero-order valence-corrected chi connectivity index (χ0v) is 14.6. The standard InChI is InChI=1S/C19H24F2N2O2/c1-19(2,25-10-9-24)16-11-22-17-8-3-5-13(12-23(16)17)14-6-4-7-15(20)18(14)21/h4,6-7,11,13,24H,3,5,8-10,12H2,1-2H3. The van der Waals surface area contributed by atoms with Crippen LogP contribution in [0.5, 0.6) is 0 Å². The number of aliphatic hydroxyl groups excluding tert-OH is 1. The van der Waals surface area contributed by atoms with Gasteiger partial charge in [-0.3, -0.25) is 0 Å². The van der Waals surface area contributed by atoms with Gasteiger partial charge >= 0.3 is 0 Å². The lowest BCUT2D eigenvalue weighted by molar-refractivity contribution is -0.0421. The van der Waals surface area contributed by atoms with Gasteiger partial charge in [-0.25, -0.2) is 13.8 Å². The summed E-state index contributed by atoms with van der Waals surface area (Å²) in [5.74, 6) is -0.735. The molecule has 4 nitrogen and oxygen atoms in total. The maximum absolute atomic E-state index is 14.3. The summed E-state index contributed by atoms with van der Waals surface area (Å²) >= 11 is 0. The molecular weight excluding hydrogens is 326 g/mol. The third kappa shape index (κ3) is 3.60. The van der Waals surface area contributed by atoms with E-state index in [1.54, 1.807) is 18.3 Å². The Morgan fingerprint density at radius 3 is 2.92 bits per heavy atom. The van der Waals surface area contributed by atoms with Crippen molar-refractivity contribution in [2.45, 2.75) is 51.2 Å². The van der Waals surface area contributed by atoms with Crippen molar-refractivity contribution in [1.82, 2.24) is 9.55 Å². The molecule has 1 aromatic heterocycles. The molecule has 0 bridgehead atoms. The van der Waals surface area contributed by atoms with Crippen molar-refractivity contribution in [1.29, 1.82) is 0 Å². The van der Waals surface area contributed by atoms with Crippen LogP contribution in [0.15, 0.2) is 24.4 Å². The quantitative estimate of drug-likeness (QED) is 0.897. The van der Waals surface area contributed by atoms with Gasteiger partial charge in [0.05, 0.1) is 25.1 Å². The van der Waals surface area contributed by atoms with E-state index in [-0.39, 0.29) is 19.1 Å². The molecule has 0 spiro atoms. The third-order valence-corrected chi connectivity index (χ3v) is 4.89. The molecule has 1 aromatic carbocycles. The summed E-state index contributed by atoms with van der Waals surface area (Å²) < 4.78 is 35.7. The number of benzene rings is 1. The van der Waals surface area contributed by atoms with E-state index in [0.29, 0.717) is 12.1 Å². The lowest BCUT2D eigenvalue weighted by Crippen LogP contribution is -2.28. The highest BCUT2D eigenvalue weighted by molar-refractivity contribution is 5.25. The molecule has 2 aromatic rings. The lowest BCUT2D eigenvalue weighted by atomic mass is 9.93. The SMILES string of the molecule is CC(C)(OCCO)c1cnc2n1CC(c1cccc(F)c1F)CCC2. The van der Waals surface area contributed by atoms with Gasteiger partial charge in [-0.2, -0.15) is 0 Å². The van der Waals surface area contributed by atoms with E-state index in [1.165, 1.54) is 0 Å². The van der Waals surface area contributed by atoms with E-state index in [0.717, 1.165) is 36.8 Å². The number of rotatable bonds is 5. The van der Waals surface area contributed by atoms with Crippen LogP contribution in [0.2, 0.25) is 0 Å². The molecule has 1 aliphatic heterocycles. The molecule has 0 aliphatic carbocycles. The Labute approximate surface area is 146 Å². The fourth-order valence-electron chi connectivity index (χ4n) is 3.58. The second-order valence-electron chi connectivity index (χ2n) is 6.98. The smallest absolute Gasteiger partial charge is 0.162 e. The summed E-state index contributed by atoms with van der Waals surface area (Å²) in [5, 5.41) is 9.03. The van der Waals surface area contributed by atoms with Gasteiger partial charge in [-0.1, -0.05) is 12.1 Å². The van der Waals surface area contributed by atoms with Crippen LogP contribution >= 0.6 is 0 Å². The van der Waals surface area contributed by atoms with Gasteiger partial charge in [-0.05, 0) is 38.3 Å². The maximum Gasteiger partial charge on any atom is 0.162 e. The number of halogens is 2. The van der Waals surface area contributed by atoms with E-state index in [9.17, 15) is 8.78 Å². The topological polar surface area (TPSA) is 47.3 Å². The molecular formula is C19H24F2N2O2. The Morgan fingerprint density at radius 1 is 1.36 bits per heavy atom. The summed E-state index contributed by atoms with van der Waals surface area (Å²) in [7, 11) is 0. The molecule has 0 saturated heterocycles. The van der Waals surface area contributed by atoms with Crippen molar-refractivity contribution in [2.75, 3.05) is 13.2 Å². The number of aliphatic hydroxyl groups is 1. The highest BCUT2D eigenvalue weighted by Crippen LogP contribution is 2.34. The second-order valence-corrected chi connectivity index (χ2v) is 6.98. The zero-order chi connectivity index (χ0) is 18.0. The molecule has 1 unspecified atom stereocenters. The van der Waals surface area contributed by atoms with Gasteiger partial charge in [0.2, 0.25) is 0 Å². The van der Waals surface area contributed by atoms with Crippen molar-refractivity contribution in [3.8, 4) is 0 Å². The van der Waals surface area contributed by atoms with Crippen LogP contribution in [0.1, 0.15) is 49.7 Å². The minimum atomic E-state index is -0.806. The predicted molar refractivity (Wildman–Crippen MR) is 90.3 cm³/mol. The van der Waals surface area contributed by atoms with E-state index in [4.69, 9.17) is 9.84 Å². The number of hydrogen-bond donors (Lipinski definition) is 1. The number of hydrogen-bond acceptors (Lipinski definition) is 3. The first-order valence-electron chi connectivity index (χ1n) is 8.67. The highest BCUT2D eigenvalue weighted by Gasteiger charge is 2.30. The van der Waals surface area contributed by atoms with Gasteiger partial charge in [0, 0.05) is 18.9 Å². The van der Waals surface area contributed by atoms with Crippen molar-refractivity contribution < 1.29 is 18.6 Å². The van der Waals surface area contributed by atoms with E-state index < -0.39 is 17.2 Å². The highest BCUT2D eigenvalue weighted by atomic mass is 19.2. The Balaban J connectivity index is 1.94. The number of aromatic nitrogens is 2. The Hall–Kier alpha value is -1.79. The molecule has 6 heteroatoms. The van der Waals surface area contributed by atoms with Gasteiger partial charge in [0.1, 0.15) is 11.4 Å². The molecule has 2 heterocycles. The molecule has 1 atom stereocenters. The summed E-state index contributed by atoms with van der Waals surface area (Å²) in [5.41, 5.74) is 0.685. The van der Waals surface area contributed by atoms with Crippen molar-refractivity contribution in [2.24, 2.45) is 0 Å². The van der Waals surface area contributed by atoms with E-state index in [2.05, 4.69) is 9.55 Å². The normalized spacial score (nSPS) is 18.0. The molecule has 1 N–H and O–H groups in total. The molecule has 0 radical (unpaired) electrons. The van der Waals surface area contributed by atoms with Gasteiger partial charge in [0.15, 0.2) is 11.6 Å². The van der Waals surface area contributed by atoms with Gasteiger partial charge < -0.3 is 14.4 Å². The third-order valence-electron chi connectivity index (χ3n) is 4.89. The largest absolute Gasteiger partial charge is 0.394 e. The van der Waals surface area contributed by atoms with Crippen molar-refractivity contribution in [3.05, 3.63) is 53.1 Å². The van der Waals surface area contributed by atoms with Crippen LogP contribution in [0.25, 0.3) is 0 Å². The molecule has 25 heavy (non-hydrogen) atoms. The van der Waals surface area contributed by atoms with Crippen LogP contribution in [-0.2, 0) is 23.3 Å². The average molecular weight is 350 g/mol. The predicted octanol–water partition coefficient (Wildman–Crippen LogP) is 3.53. The summed E-state index contributed by atoms with van der Waals surface area (Å²) in [6, 6.07) is 4.37. The second kappa shape index (κ2) is 7.22. The Bertz CT molecular complexity index is 743. The van der Waals surface area contributed by atoms with Crippen molar-refractivity contribution >= 4 is 0 Å². The number of imidazole rings is 1. The summed E-state index contributed by atoms with van der Waals surface area (Å²) in [6.07, 6.45) is 4.23. The zero-order valence-electron chi connectivity index (χ0n) is 14.6. The Kier molecular flexibility index (Phi) is 5.20.